The highest BCUT2D eigenvalue weighted by atomic mass is 19.1. The molecule has 2 N–H and O–H groups in total. The van der Waals surface area contributed by atoms with Crippen molar-refractivity contribution in [2.24, 2.45) is 0 Å². The third kappa shape index (κ3) is 2.96. The first-order chi connectivity index (χ1) is 10.0. The maximum Gasteiger partial charge on any atom is 0.258 e. The Kier molecular flexibility index (Phi) is 3.83. The van der Waals surface area contributed by atoms with Crippen molar-refractivity contribution in [1.29, 1.82) is 10.5 Å². The van der Waals surface area contributed by atoms with Gasteiger partial charge in [-0.05, 0) is 30.3 Å². The van der Waals surface area contributed by atoms with Crippen molar-refractivity contribution >= 4 is 11.6 Å². The molecule has 1 amide bonds. The van der Waals surface area contributed by atoms with Crippen LogP contribution in [-0.2, 0) is 0 Å². The molecule has 0 fully saturated rings. The Hall–Kier alpha value is -3.38. The van der Waals surface area contributed by atoms with Gasteiger partial charge in [-0.1, -0.05) is 0 Å². The molecule has 0 atom stereocenters. The molecule has 0 aliphatic carbocycles. The lowest BCUT2D eigenvalue weighted by molar-refractivity contribution is 0.102. The van der Waals surface area contributed by atoms with Gasteiger partial charge in [0.15, 0.2) is 0 Å². The van der Waals surface area contributed by atoms with E-state index in [-0.39, 0.29) is 28.1 Å². The summed E-state index contributed by atoms with van der Waals surface area (Å²) in [5, 5.41) is 29.2. The summed E-state index contributed by atoms with van der Waals surface area (Å²) in [7, 11) is 0. The maximum absolute atomic E-state index is 13.6. The number of phenolic OH excluding ortho intramolecular Hbond substituents is 1. The first-order valence-electron chi connectivity index (χ1n) is 5.79. The fraction of sp³-hybridized carbons (Fsp3) is 0. The van der Waals surface area contributed by atoms with Gasteiger partial charge >= 0.3 is 0 Å². The van der Waals surface area contributed by atoms with Crippen LogP contribution in [0.3, 0.4) is 0 Å². The number of anilines is 1. The minimum absolute atomic E-state index is 0.112. The van der Waals surface area contributed by atoms with Gasteiger partial charge in [0.2, 0.25) is 0 Å². The summed E-state index contributed by atoms with van der Waals surface area (Å²) in [6.07, 6.45) is 0. The summed E-state index contributed by atoms with van der Waals surface area (Å²) in [6.45, 7) is 0. The van der Waals surface area contributed by atoms with E-state index in [0.717, 1.165) is 12.1 Å². The van der Waals surface area contributed by atoms with Crippen molar-refractivity contribution in [2.75, 3.05) is 5.32 Å². The van der Waals surface area contributed by atoms with E-state index < -0.39 is 11.7 Å². The van der Waals surface area contributed by atoms with Crippen LogP contribution in [0.1, 0.15) is 21.5 Å². The second-order valence-corrected chi connectivity index (χ2v) is 4.10. The van der Waals surface area contributed by atoms with Crippen molar-refractivity contribution < 1.29 is 14.3 Å². The molecule has 0 saturated heterocycles. The molecule has 0 aromatic heterocycles. The molecule has 0 aliphatic heterocycles. The molecule has 2 aromatic rings. The molecule has 5 nitrogen and oxygen atoms in total. The summed E-state index contributed by atoms with van der Waals surface area (Å²) >= 11 is 0. The molecule has 0 bridgehead atoms. The van der Waals surface area contributed by atoms with Crippen LogP contribution in [0, 0.1) is 28.5 Å². The van der Waals surface area contributed by atoms with E-state index in [0.29, 0.717) is 0 Å². The van der Waals surface area contributed by atoms with Gasteiger partial charge in [-0.2, -0.15) is 10.5 Å². The first-order valence-corrected chi connectivity index (χ1v) is 5.79. The number of carbonyl (C=O) groups is 1. The van der Waals surface area contributed by atoms with Gasteiger partial charge in [-0.3, -0.25) is 4.79 Å². The molecule has 0 heterocycles. The normalized spacial score (nSPS) is 9.48. The molecule has 21 heavy (non-hydrogen) atoms. The quantitative estimate of drug-likeness (QED) is 0.883. The van der Waals surface area contributed by atoms with Crippen LogP contribution in [0.2, 0.25) is 0 Å². The smallest absolute Gasteiger partial charge is 0.258 e. The van der Waals surface area contributed by atoms with E-state index in [9.17, 15) is 9.18 Å². The van der Waals surface area contributed by atoms with Crippen LogP contribution in [-0.4, -0.2) is 11.0 Å². The summed E-state index contributed by atoms with van der Waals surface area (Å²) in [4.78, 5) is 11.9. The number of benzene rings is 2. The minimum Gasteiger partial charge on any atom is -0.508 e. The van der Waals surface area contributed by atoms with Crippen molar-refractivity contribution in [1.82, 2.24) is 0 Å². The zero-order valence-corrected chi connectivity index (χ0v) is 10.6. The van der Waals surface area contributed by atoms with Crippen LogP contribution >= 0.6 is 0 Å². The highest BCUT2D eigenvalue weighted by molar-refractivity contribution is 6.04. The highest BCUT2D eigenvalue weighted by Gasteiger charge is 2.13. The highest BCUT2D eigenvalue weighted by Crippen LogP contribution is 2.18. The van der Waals surface area contributed by atoms with Crippen molar-refractivity contribution in [3.8, 4) is 17.9 Å². The number of hydrogen-bond donors (Lipinski definition) is 2. The van der Waals surface area contributed by atoms with E-state index in [4.69, 9.17) is 15.6 Å². The Morgan fingerprint density at radius 2 is 1.81 bits per heavy atom. The molecule has 6 heteroatoms. The second-order valence-electron chi connectivity index (χ2n) is 4.10. The van der Waals surface area contributed by atoms with Gasteiger partial charge in [-0.25, -0.2) is 4.39 Å². The van der Waals surface area contributed by atoms with Gasteiger partial charge in [0.1, 0.15) is 23.7 Å². The SMILES string of the molecule is N#Cc1ccc(NC(=O)c2ccc(O)cc2F)cc1C#N. The molecule has 102 valence electrons. The molecular weight excluding hydrogens is 273 g/mol. The number of nitrogens with zero attached hydrogens (tertiary/aromatic N) is 2. The fourth-order valence-corrected chi connectivity index (χ4v) is 1.70. The monoisotopic (exact) mass is 281 g/mol. The van der Waals surface area contributed by atoms with E-state index in [1.165, 1.54) is 24.3 Å². The van der Waals surface area contributed by atoms with Crippen molar-refractivity contribution in [3.63, 3.8) is 0 Å². The minimum atomic E-state index is -0.860. The Morgan fingerprint density at radius 1 is 1.10 bits per heavy atom. The van der Waals surface area contributed by atoms with Gasteiger partial charge in [0.25, 0.3) is 5.91 Å². The molecular formula is C15H8FN3O2. The second kappa shape index (κ2) is 5.72. The molecule has 0 radical (unpaired) electrons. The number of hydrogen-bond acceptors (Lipinski definition) is 4. The van der Waals surface area contributed by atoms with Gasteiger partial charge in [-0.15, -0.1) is 0 Å². The number of nitrogens with one attached hydrogen (secondary N) is 1. The lowest BCUT2D eigenvalue weighted by Crippen LogP contribution is -2.13. The number of rotatable bonds is 2. The number of halogens is 1. The van der Waals surface area contributed by atoms with Gasteiger partial charge in [0, 0.05) is 11.8 Å². The number of carbonyl (C=O) groups excluding carboxylic acids is 1. The molecule has 0 spiro atoms. The zero-order valence-electron chi connectivity index (χ0n) is 10.6. The Morgan fingerprint density at radius 3 is 2.43 bits per heavy atom. The average molecular weight is 281 g/mol. The predicted octanol–water partition coefficient (Wildman–Crippen LogP) is 2.53. The van der Waals surface area contributed by atoms with E-state index >= 15 is 0 Å². The van der Waals surface area contributed by atoms with Crippen LogP contribution in [0.15, 0.2) is 36.4 Å². The number of phenols is 1. The first kappa shape index (κ1) is 14.0. The van der Waals surface area contributed by atoms with Crippen LogP contribution in [0.5, 0.6) is 5.75 Å². The summed E-state index contributed by atoms with van der Waals surface area (Å²) in [5.41, 5.74) is 0.325. The molecule has 2 rings (SSSR count). The van der Waals surface area contributed by atoms with Crippen molar-refractivity contribution in [3.05, 3.63) is 58.9 Å². The largest absolute Gasteiger partial charge is 0.508 e. The third-order valence-corrected chi connectivity index (χ3v) is 2.72. The molecule has 2 aromatic carbocycles. The fourth-order valence-electron chi connectivity index (χ4n) is 1.70. The Labute approximate surface area is 119 Å². The summed E-state index contributed by atoms with van der Waals surface area (Å²) in [5.74, 6) is -1.86. The lowest BCUT2D eigenvalue weighted by Gasteiger charge is -2.07. The van der Waals surface area contributed by atoms with E-state index in [2.05, 4.69) is 5.32 Å². The van der Waals surface area contributed by atoms with Crippen molar-refractivity contribution in [2.45, 2.75) is 0 Å². The lowest BCUT2D eigenvalue weighted by atomic mass is 10.1. The third-order valence-electron chi connectivity index (χ3n) is 2.72. The van der Waals surface area contributed by atoms with Crippen LogP contribution < -0.4 is 5.32 Å². The van der Waals surface area contributed by atoms with Crippen LogP contribution in [0.25, 0.3) is 0 Å². The predicted molar refractivity (Wildman–Crippen MR) is 71.9 cm³/mol. The Balaban J connectivity index is 2.28. The molecule has 0 aliphatic rings. The maximum atomic E-state index is 13.6. The summed E-state index contributed by atoms with van der Waals surface area (Å²) in [6, 6.07) is 11.0. The number of amides is 1. The van der Waals surface area contributed by atoms with Gasteiger partial charge < -0.3 is 10.4 Å². The number of aromatic hydroxyl groups is 1. The van der Waals surface area contributed by atoms with Crippen LogP contribution in [0.4, 0.5) is 10.1 Å². The summed E-state index contributed by atoms with van der Waals surface area (Å²) < 4.78 is 13.6. The Bertz CT molecular complexity index is 804. The number of nitriles is 2. The molecule has 0 unspecified atom stereocenters. The zero-order chi connectivity index (χ0) is 15.4. The molecule has 0 saturated carbocycles. The average Bonchev–Trinajstić information content (AvgIpc) is 2.46. The standard InChI is InChI=1S/C15H8FN3O2/c16-14-6-12(20)3-4-13(14)15(21)19-11-2-1-9(7-17)10(5-11)8-18/h1-6,20H,(H,19,21). The topological polar surface area (TPSA) is 96.9 Å². The van der Waals surface area contributed by atoms with Gasteiger partial charge in [0.05, 0.1) is 16.7 Å². The van der Waals surface area contributed by atoms with E-state index in [1.54, 1.807) is 0 Å². The van der Waals surface area contributed by atoms with E-state index in [1.807, 2.05) is 12.1 Å².